The van der Waals surface area contributed by atoms with E-state index in [-0.39, 0.29) is 13.2 Å². The number of carbonyl (C=O) groups is 2. The Kier molecular flexibility index (Phi) is 6.85. The zero-order chi connectivity index (χ0) is 14.3. The molecule has 0 bridgehead atoms. The van der Waals surface area contributed by atoms with Crippen LogP contribution in [-0.2, 0) is 29.1 Å². The van der Waals surface area contributed by atoms with Crippen LogP contribution in [0.2, 0.25) is 0 Å². The molecule has 1 atom stereocenters. The van der Waals surface area contributed by atoms with Crippen LogP contribution in [0.3, 0.4) is 0 Å². The lowest BCUT2D eigenvalue weighted by atomic mass is 10.5. The molecule has 0 aliphatic heterocycles. The first kappa shape index (κ1) is 16.9. The molecule has 0 aliphatic rings. The van der Waals surface area contributed by atoms with Gasteiger partial charge in [0.25, 0.3) is 0 Å². The van der Waals surface area contributed by atoms with Gasteiger partial charge in [0.1, 0.15) is 6.54 Å². The van der Waals surface area contributed by atoms with Crippen LogP contribution >= 0.6 is 0 Å². The summed E-state index contributed by atoms with van der Waals surface area (Å²) in [6, 6.07) is 0. The zero-order valence-electron chi connectivity index (χ0n) is 11.0. The van der Waals surface area contributed by atoms with Gasteiger partial charge in [-0.05, 0) is 13.8 Å². The third-order valence-electron chi connectivity index (χ3n) is 2.30. The minimum Gasteiger partial charge on any atom is -0.468 e. The summed E-state index contributed by atoms with van der Waals surface area (Å²) in [5.41, 5.74) is 0. The number of carbonyl (C=O) groups excluding carboxylic acids is 2. The molecular formula is C10H19NO6S. The number of methoxy groups -OCH3 is 1. The van der Waals surface area contributed by atoms with Gasteiger partial charge in [-0.2, -0.15) is 4.31 Å². The van der Waals surface area contributed by atoms with E-state index in [1.165, 1.54) is 6.92 Å². The van der Waals surface area contributed by atoms with Gasteiger partial charge in [-0.1, -0.05) is 6.92 Å². The van der Waals surface area contributed by atoms with E-state index in [0.717, 1.165) is 11.4 Å². The molecule has 0 heterocycles. The molecular weight excluding hydrogens is 262 g/mol. The number of esters is 2. The van der Waals surface area contributed by atoms with Gasteiger partial charge in [-0.15, -0.1) is 0 Å². The monoisotopic (exact) mass is 281 g/mol. The molecule has 106 valence electrons. The Hall–Kier alpha value is -1.15. The highest BCUT2D eigenvalue weighted by Crippen LogP contribution is 2.10. The molecule has 0 spiro atoms. The minimum absolute atomic E-state index is 0.0719. The number of likely N-dealkylation sites (N-methyl/N-ethyl adjacent to an activating group) is 1. The third kappa shape index (κ3) is 4.26. The first-order valence-electron chi connectivity index (χ1n) is 5.53. The second-order valence-corrected chi connectivity index (χ2v) is 5.69. The van der Waals surface area contributed by atoms with Crippen molar-refractivity contribution in [2.75, 3.05) is 26.8 Å². The number of nitrogens with zero attached hydrogens (tertiary/aromatic N) is 1. The van der Waals surface area contributed by atoms with Gasteiger partial charge in [0, 0.05) is 6.54 Å². The van der Waals surface area contributed by atoms with Crippen LogP contribution in [-0.4, -0.2) is 56.7 Å². The lowest BCUT2D eigenvalue weighted by molar-refractivity contribution is -0.143. The van der Waals surface area contributed by atoms with E-state index in [9.17, 15) is 18.0 Å². The maximum absolute atomic E-state index is 12.0. The van der Waals surface area contributed by atoms with Crippen molar-refractivity contribution in [1.29, 1.82) is 0 Å². The Morgan fingerprint density at radius 1 is 1.28 bits per heavy atom. The van der Waals surface area contributed by atoms with Gasteiger partial charge < -0.3 is 9.47 Å². The average molecular weight is 281 g/mol. The summed E-state index contributed by atoms with van der Waals surface area (Å²) in [6.45, 7) is 4.25. The van der Waals surface area contributed by atoms with Crippen LogP contribution in [0, 0.1) is 0 Å². The van der Waals surface area contributed by atoms with Crippen LogP contribution < -0.4 is 0 Å². The zero-order valence-corrected chi connectivity index (χ0v) is 11.8. The summed E-state index contributed by atoms with van der Waals surface area (Å²) in [5.74, 6) is -1.52. The van der Waals surface area contributed by atoms with Crippen molar-refractivity contribution in [2.24, 2.45) is 0 Å². The average Bonchev–Trinajstić information content (AvgIpc) is 2.33. The Labute approximate surface area is 107 Å². The Morgan fingerprint density at radius 3 is 2.22 bits per heavy atom. The van der Waals surface area contributed by atoms with E-state index < -0.39 is 33.8 Å². The van der Waals surface area contributed by atoms with Gasteiger partial charge in [-0.3, -0.25) is 9.59 Å². The predicted molar refractivity (Wildman–Crippen MR) is 64.3 cm³/mol. The molecule has 18 heavy (non-hydrogen) atoms. The van der Waals surface area contributed by atoms with Gasteiger partial charge in [0.15, 0.2) is 5.25 Å². The number of rotatable bonds is 7. The highest BCUT2D eigenvalue weighted by molar-refractivity contribution is 7.90. The van der Waals surface area contributed by atoms with Gasteiger partial charge in [0.05, 0.1) is 13.7 Å². The molecule has 0 aliphatic carbocycles. The van der Waals surface area contributed by atoms with E-state index in [4.69, 9.17) is 0 Å². The lowest BCUT2D eigenvalue weighted by Crippen LogP contribution is -2.44. The second kappa shape index (κ2) is 7.32. The van der Waals surface area contributed by atoms with Crippen LogP contribution in [0.1, 0.15) is 20.8 Å². The molecule has 0 fully saturated rings. The fourth-order valence-electron chi connectivity index (χ4n) is 1.24. The van der Waals surface area contributed by atoms with Crippen molar-refractivity contribution in [1.82, 2.24) is 4.31 Å². The molecule has 0 saturated heterocycles. The van der Waals surface area contributed by atoms with Crippen molar-refractivity contribution < 1.29 is 27.5 Å². The number of sulfonamides is 1. The summed E-state index contributed by atoms with van der Waals surface area (Å²) in [7, 11) is -2.81. The number of hydrogen-bond donors (Lipinski definition) is 0. The molecule has 0 amide bonds. The first-order chi connectivity index (χ1) is 8.31. The van der Waals surface area contributed by atoms with Crippen LogP contribution in [0.25, 0.3) is 0 Å². The summed E-state index contributed by atoms with van der Waals surface area (Å²) in [4.78, 5) is 22.5. The Morgan fingerprint density at radius 2 is 1.83 bits per heavy atom. The standard InChI is InChI=1S/C10H19NO6S/c1-5-11(7-9(12)17-6-2)18(14,15)8(3)10(13)16-4/h8H,5-7H2,1-4H3. The lowest BCUT2D eigenvalue weighted by Gasteiger charge is -2.22. The van der Waals surface area contributed by atoms with Gasteiger partial charge in [-0.25, -0.2) is 8.42 Å². The largest absolute Gasteiger partial charge is 0.468 e. The minimum atomic E-state index is -3.92. The molecule has 0 N–H and O–H groups in total. The van der Waals surface area contributed by atoms with Crippen LogP contribution in [0.15, 0.2) is 0 Å². The highest BCUT2D eigenvalue weighted by atomic mass is 32.2. The normalized spacial score (nSPS) is 13.2. The first-order valence-corrected chi connectivity index (χ1v) is 7.03. The second-order valence-electron chi connectivity index (χ2n) is 3.44. The summed E-state index contributed by atoms with van der Waals surface area (Å²) >= 11 is 0. The van der Waals surface area contributed by atoms with E-state index in [1.54, 1.807) is 13.8 Å². The maximum Gasteiger partial charge on any atom is 0.325 e. The fourth-order valence-corrected chi connectivity index (χ4v) is 2.68. The molecule has 0 aromatic carbocycles. The third-order valence-corrected chi connectivity index (χ3v) is 4.50. The molecule has 0 saturated carbocycles. The smallest absolute Gasteiger partial charge is 0.325 e. The van der Waals surface area contributed by atoms with E-state index >= 15 is 0 Å². The molecule has 0 radical (unpaired) electrons. The molecule has 0 aromatic heterocycles. The molecule has 8 heteroatoms. The SMILES string of the molecule is CCOC(=O)CN(CC)S(=O)(=O)C(C)C(=O)OC. The van der Waals surface area contributed by atoms with Crippen molar-refractivity contribution in [3.8, 4) is 0 Å². The Bertz CT molecular complexity index is 391. The quantitative estimate of drug-likeness (QED) is 0.598. The molecule has 0 aromatic rings. The van der Waals surface area contributed by atoms with Crippen molar-refractivity contribution >= 4 is 22.0 Å². The summed E-state index contributed by atoms with van der Waals surface area (Å²) in [5, 5.41) is -1.35. The summed E-state index contributed by atoms with van der Waals surface area (Å²) in [6.07, 6.45) is 0. The maximum atomic E-state index is 12.0. The van der Waals surface area contributed by atoms with Crippen molar-refractivity contribution in [2.45, 2.75) is 26.0 Å². The highest BCUT2D eigenvalue weighted by Gasteiger charge is 2.35. The molecule has 1 unspecified atom stereocenters. The van der Waals surface area contributed by atoms with Gasteiger partial charge in [0.2, 0.25) is 10.0 Å². The topological polar surface area (TPSA) is 90.0 Å². The predicted octanol–water partition coefficient (Wildman–Crippen LogP) is -0.237. The number of ether oxygens (including phenoxy) is 2. The summed E-state index contributed by atoms with van der Waals surface area (Å²) < 4.78 is 34.0. The van der Waals surface area contributed by atoms with E-state index in [1.807, 2.05) is 0 Å². The van der Waals surface area contributed by atoms with Crippen LogP contribution in [0.4, 0.5) is 0 Å². The molecule has 0 rings (SSSR count). The molecule has 7 nitrogen and oxygen atoms in total. The van der Waals surface area contributed by atoms with Crippen LogP contribution in [0.5, 0.6) is 0 Å². The van der Waals surface area contributed by atoms with E-state index in [0.29, 0.717) is 0 Å². The van der Waals surface area contributed by atoms with E-state index in [2.05, 4.69) is 9.47 Å². The number of hydrogen-bond acceptors (Lipinski definition) is 6. The Balaban J connectivity index is 4.93. The van der Waals surface area contributed by atoms with Crippen molar-refractivity contribution in [3.05, 3.63) is 0 Å². The van der Waals surface area contributed by atoms with Crippen molar-refractivity contribution in [3.63, 3.8) is 0 Å². The van der Waals surface area contributed by atoms with Gasteiger partial charge >= 0.3 is 11.9 Å². The fraction of sp³-hybridized carbons (Fsp3) is 0.800.